The van der Waals surface area contributed by atoms with E-state index in [-0.39, 0.29) is 6.54 Å². The largest absolute Gasteiger partial charge is 0.511 e. The summed E-state index contributed by atoms with van der Waals surface area (Å²) >= 11 is 0. The maximum Gasteiger partial charge on any atom is 0.511 e. The van der Waals surface area contributed by atoms with Crippen molar-refractivity contribution in [3.05, 3.63) is 35.9 Å². The van der Waals surface area contributed by atoms with Gasteiger partial charge in [-0.05, 0) is 31.5 Å². The zero-order chi connectivity index (χ0) is 17.1. The molecule has 0 atom stereocenters. The third-order valence-electron chi connectivity index (χ3n) is 2.47. The van der Waals surface area contributed by atoms with Crippen LogP contribution in [0.4, 0.5) is 13.2 Å². The van der Waals surface area contributed by atoms with Crippen molar-refractivity contribution in [3.8, 4) is 0 Å². The van der Waals surface area contributed by atoms with E-state index in [2.05, 4.69) is 19.2 Å². The molecule has 0 spiro atoms. The van der Waals surface area contributed by atoms with E-state index in [0.717, 1.165) is 0 Å². The average molecular weight is 340 g/mol. The lowest BCUT2D eigenvalue weighted by Crippen LogP contribution is -2.35. The summed E-state index contributed by atoms with van der Waals surface area (Å²) in [5.41, 5.74) is -4.80. The smallest absolute Gasteiger partial charge is 0.317 e. The maximum absolute atomic E-state index is 11.9. The van der Waals surface area contributed by atoms with Crippen LogP contribution >= 0.6 is 0 Å². The van der Waals surface area contributed by atoms with Crippen LogP contribution in [0.3, 0.4) is 0 Å². The highest BCUT2D eigenvalue weighted by Gasteiger charge is 2.45. The first-order chi connectivity index (χ1) is 10.2. The lowest BCUT2D eigenvalue weighted by Gasteiger charge is -2.08. The van der Waals surface area contributed by atoms with Crippen molar-refractivity contribution in [2.75, 3.05) is 13.1 Å². The van der Waals surface area contributed by atoms with Crippen LogP contribution in [0, 0.1) is 0 Å². The second-order valence-electron chi connectivity index (χ2n) is 4.51. The van der Waals surface area contributed by atoms with Crippen LogP contribution in [0.15, 0.2) is 30.3 Å². The molecule has 1 aromatic rings. The van der Waals surface area contributed by atoms with E-state index in [1.807, 2.05) is 0 Å². The number of halogens is 3. The summed E-state index contributed by atoms with van der Waals surface area (Å²) in [4.78, 5) is 0. The zero-order valence-electron chi connectivity index (χ0n) is 12.8. The summed E-state index contributed by atoms with van der Waals surface area (Å²) in [6, 6.07) is 7.95. The lowest BCUT2D eigenvalue weighted by molar-refractivity contribution is -0.0448. The third kappa shape index (κ3) is 9.01. The first kappa shape index (κ1) is 20.9. The van der Waals surface area contributed by atoms with Crippen LogP contribution in [-0.2, 0) is 16.6 Å². The van der Waals surface area contributed by atoms with Gasteiger partial charge in [0, 0.05) is 6.54 Å². The second kappa shape index (κ2) is 10.6. The van der Waals surface area contributed by atoms with Crippen LogP contribution in [0.1, 0.15) is 32.3 Å². The Morgan fingerprint density at radius 2 is 1.50 bits per heavy atom. The molecule has 0 heterocycles. The van der Waals surface area contributed by atoms with Crippen LogP contribution in [0.5, 0.6) is 0 Å². The highest BCUT2D eigenvalue weighted by atomic mass is 32.2. The van der Waals surface area contributed by atoms with Gasteiger partial charge in [0.15, 0.2) is 0 Å². The van der Waals surface area contributed by atoms with Crippen molar-refractivity contribution in [2.24, 2.45) is 0 Å². The molecule has 0 saturated carbocycles. The Hall–Kier alpha value is -1.12. The number of benzene rings is 1. The Morgan fingerprint density at radius 3 is 1.91 bits per heavy atom. The molecular formula is C14H23F3N2O2S. The topological polar surface area (TPSA) is 58.2 Å². The van der Waals surface area contributed by atoms with E-state index >= 15 is 0 Å². The van der Waals surface area contributed by atoms with E-state index in [9.17, 15) is 21.6 Å². The SMILES string of the molecule is CCCNCCC.O=S(=O)(NCc1ccccc1)C(F)(F)F. The summed E-state index contributed by atoms with van der Waals surface area (Å²) in [5.74, 6) is 0. The Labute approximate surface area is 130 Å². The average Bonchev–Trinajstić information content (AvgIpc) is 2.46. The van der Waals surface area contributed by atoms with E-state index in [1.54, 1.807) is 18.2 Å². The van der Waals surface area contributed by atoms with Crippen molar-refractivity contribution >= 4 is 10.0 Å². The second-order valence-corrected chi connectivity index (χ2v) is 6.26. The fourth-order valence-corrected chi connectivity index (χ4v) is 1.85. The van der Waals surface area contributed by atoms with E-state index in [4.69, 9.17) is 0 Å². The van der Waals surface area contributed by atoms with Gasteiger partial charge in [0.05, 0.1) is 0 Å². The van der Waals surface area contributed by atoms with Gasteiger partial charge >= 0.3 is 15.5 Å². The molecule has 0 aliphatic rings. The summed E-state index contributed by atoms with van der Waals surface area (Å²) in [6.45, 7) is 6.34. The Bertz CT molecular complexity index is 487. The normalized spacial score (nSPS) is 11.7. The van der Waals surface area contributed by atoms with Crippen molar-refractivity contribution < 1.29 is 21.6 Å². The zero-order valence-corrected chi connectivity index (χ0v) is 13.6. The molecule has 0 bridgehead atoms. The first-order valence-electron chi connectivity index (χ1n) is 7.05. The Kier molecular flexibility index (Phi) is 10.0. The molecule has 0 saturated heterocycles. The minimum absolute atomic E-state index is 0.372. The maximum atomic E-state index is 11.9. The van der Waals surface area contributed by atoms with Crippen molar-refractivity contribution in [1.29, 1.82) is 0 Å². The fraction of sp³-hybridized carbons (Fsp3) is 0.571. The predicted molar refractivity (Wildman–Crippen MR) is 81.7 cm³/mol. The Morgan fingerprint density at radius 1 is 1.00 bits per heavy atom. The van der Waals surface area contributed by atoms with Crippen molar-refractivity contribution in [2.45, 2.75) is 38.7 Å². The van der Waals surface area contributed by atoms with Gasteiger partial charge in [-0.25, -0.2) is 13.1 Å². The third-order valence-corrected chi connectivity index (χ3v) is 3.60. The molecular weight excluding hydrogens is 317 g/mol. The molecule has 0 unspecified atom stereocenters. The molecule has 1 rings (SSSR count). The molecule has 0 aliphatic carbocycles. The van der Waals surface area contributed by atoms with Crippen LogP contribution in [-0.4, -0.2) is 27.0 Å². The van der Waals surface area contributed by atoms with Crippen LogP contribution < -0.4 is 10.0 Å². The number of alkyl halides is 3. The highest BCUT2D eigenvalue weighted by molar-refractivity contribution is 7.90. The number of hydrogen-bond acceptors (Lipinski definition) is 3. The molecule has 0 aromatic heterocycles. The van der Waals surface area contributed by atoms with Gasteiger partial charge < -0.3 is 5.32 Å². The molecule has 4 nitrogen and oxygen atoms in total. The molecule has 0 amide bonds. The summed E-state index contributed by atoms with van der Waals surface area (Å²) in [5, 5.41) is 3.28. The van der Waals surface area contributed by atoms with Crippen LogP contribution in [0.25, 0.3) is 0 Å². The quantitative estimate of drug-likeness (QED) is 0.750. The number of rotatable bonds is 7. The highest BCUT2D eigenvalue weighted by Crippen LogP contribution is 2.21. The number of nitrogens with one attached hydrogen (secondary N) is 2. The predicted octanol–water partition coefficient (Wildman–Crippen LogP) is 3.02. The molecule has 8 heteroatoms. The summed E-state index contributed by atoms with van der Waals surface area (Å²) in [7, 11) is -5.25. The number of hydrogen-bond donors (Lipinski definition) is 2. The van der Waals surface area contributed by atoms with Gasteiger partial charge in [0.1, 0.15) is 0 Å². The van der Waals surface area contributed by atoms with Crippen molar-refractivity contribution in [3.63, 3.8) is 0 Å². The number of sulfonamides is 1. The van der Waals surface area contributed by atoms with Gasteiger partial charge in [0.2, 0.25) is 0 Å². The van der Waals surface area contributed by atoms with E-state index in [1.165, 1.54) is 42.8 Å². The first-order valence-corrected chi connectivity index (χ1v) is 8.53. The minimum atomic E-state index is -5.26. The minimum Gasteiger partial charge on any atom is -0.317 e. The van der Waals surface area contributed by atoms with Crippen molar-refractivity contribution in [1.82, 2.24) is 10.0 Å². The fourth-order valence-electron chi connectivity index (χ4n) is 1.33. The van der Waals surface area contributed by atoms with E-state index in [0.29, 0.717) is 5.56 Å². The van der Waals surface area contributed by atoms with Crippen LogP contribution in [0.2, 0.25) is 0 Å². The molecule has 0 radical (unpaired) electrons. The molecule has 2 N–H and O–H groups in total. The van der Waals surface area contributed by atoms with Gasteiger partial charge in [0.25, 0.3) is 0 Å². The van der Waals surface area contributed by atoms with Gasteiger partial charge in [-0.15, -0.1) is 0 Å². The van der Waals surface area contributed by atoms with E-state index < -0.39 is 15.5 Å². The molecule has 0 fully saturated rings. The Balaban J connectivity index is 0.000000534. The van der Waals surface area contributed by atoms with Gasteiger partial charge in [-0.1, -0.05) is 44.2 Å². The molecule has 22 heavy (non-hydrogen) atoms. The molecule has 0 aliphatic heterocycles. The lowest BCUT2D eigenvalue weighted by atomic mass is 10.2. The summed E-state index contributed by atoms with van der Waals surface area (Å²) in [6.07, 6.45) is 2.50. The molecule has 1 aromatic carbocycles. The van der Waals surface area contributed by atoms with Gasteiger partial charge in [-0.3, -0.25) is 0 Å². The van der Waals surface area contributed by atoms with Gasteiger partial charge in [-0.2, -0.15) is 13.2 Å². The summed E-state index contributed by atoms with van der Waals surface area (Å²) < 4.78 is 58.3. The monoisotopic (exact) mass is 340 g/mol. The standard InChI is InChI=1S/C8H8F3NO2S.C6H15N/c9-8(10,11)15(13,14)12-6-7-4-2-1-3-5-7;1-3-5-7-6-4-2/h1-5,12H,6H2;7H,3-6H2,1-2H3. The molecule has 128 valence electrons.